The van der Waals surface area contributed by atoms with Crippen LogP contribution < -0.4 is 4.74 Å². The molecule has 1 aromatic carbocycles. The van der Waals surface area contributed by atoms with Crippen molar-refractivity contribution in [1.82, 2.24) is 0 Å². The third kappa shape index (κ3) is 3.03. The molecule has 2 rings (SSSR count). The Labute approximate surface area is 108 Å². The maximum absolute atomic E-state index is 10.9. The molecule has 0 amide bonds. The van der Waals surface area contributed by atoms with Gasteiger partial charge in [0.15, 0.2) is 0 Å². The quantitative estimate of drug-likeness (QED) is 0.887. The molecular weight excluding hydrogens is 228 g/mol. The number of carbonyl (C=O) groups is 1. The average molecular weight is 248 g/mol. The van der Waals surface area contributed by atoms with Gasteiger partial charge in [-0.15, -0.1) is 0 Å². The summed E-state index contributed by atoms with van der Waals surface area (Å²) in [5.74, 6) is 0.404. The van der Waals surface area contributed by atoms with E-state index in [1.54, 1.807) is 0 Å². The van der Waals surface area contributed by atoms with Gasteiger partial charge in [-0.1, -0.05) is 26.0 Å². The van der Waals surface area contributed by atoms with E-state index in [1.807, 2.05) is 12.1 Å². The standard InChI is InChI=1S/C15H20O3/c1-10(2)11-4-3-5-13(8-11)18-14-7-6-12(9-14)15(16)17/h3-5,8,10,12,14H,6-7,9H2,1-2H3,(H,16,17). The van der Waals surface area contributed by atoms with Crippen molar-refractivity contribution in [3.63, 3.8) is 0 Å². The molecule has 0 aromatic heterocycles. The lowest BCUT2D eigenvalue weighted by Gasteiger charge is -2.15. The van der Waals surface area contributed by atoms with E-state index in [1.165, 1.54) is 5.56 Å². The van der Waals surface area contributed by atoms with Crippen LogP contribution in [0.2, 0.25) is 0 Å². The molecule has 2 atom stereocenters. The van der Waals surface area contributed by atoms with Crippen LogP contribution in [0.1, 0.15) is 44.6 Å². The van der Waals surface area contributed by atoms with Gasteiger partial charge in [-0.25, -0.2) is 0 Å². The fourth-order valence-electron chi connectivity index (χ4n) is 2.41. The molecule has 1 aliphatic carbocycles. The van der Waals surface area contributed by atoms with Crippen molar-refractivity contribution in [1.29, 1.82) is 0 Å². The third-order valence-corrected chi connectivity index (χ3v) is 3.56. The number of hydrogen-bond acceptors (Lipinski definition) is 2. The molecule has 3 heteroatoms. The van der Waals surface area contributed by atoms with E-state index in [4.69, 9.17) is 9.84 Å². The highest BCUT2D eigenvalue weighted by atomic mass is 16.5. The van der Waals surface area contributed by atoms with E-state index in [0.29, 0.717) is 12.3 Å². The minimum Gasteiger partial charge on any atom is -0.490 e. The Balaban J connectivity index is 1.98. The van der Waals surface area contributed by atoms with Crippen LogP contribution in [0.5, 0.6) is 5.75 Å². The van der Waals surface area contributed by atoms with E-state index in [2.05, 4.69) is 26.0 Å². The van der Waals surface area contributed by atoms with Crippen LogP contribution in [0.25, 0.3) is 0 Å². The second-order valence-corrected chi connectivity index (χ2v) is 5.32. The number of carboxylic acid groups (broad SMARTS) is 1. The van der Waals surface area contributed by atoms with Crippen molar-refractivity contribution in [3.05, 3.63) is 29.8 Å². The Morgan fingerprint density at radius 2 is 2.17 bits per heavy atom. The molecule has 1 aliphatic rings. The van der Waals surface area contributed by atoms with Gasteiger partial charge < -0.3 is 9.84 Å². The van der Waals surface area contributed by atoms with Gasteiger partial charge in [-0.2, -0.15) is 0 Å². The Morgan fingerprint density at radius 1 is 1.39 bits per heavy atom. The van der Waals surface area contributed by atoms with Crippen LogP contribution in [-0.4, -0.2) is 17.2 Å². The molecule has 0 heterocycles. The lowest BCUT2D eigenvalue weighted by molar-refractivity contribution is -0.141. The monoisotopic (exact) mass is 248 g/mol. The topological polar surface area (TPSA) is 46.5 Å². The molecule has 1 N–H and O–H groups in total. The van der Waals surface area contributed by atoms with Gasteiger partial charge >= 0.3 is 5.97 Å². The lowest BCUT2D eigenvalue weighted by atomic mass is 10.0. The molecule has 18 heavy (non-hydrogen) atoms. The van der Waals surface area contributed by atoms with Crippen LogP contribution in [0.3, 0.4) is 0 Å². The molecule has 0 saturated heterocycles. The van der Waals surface area contributed by atoms with E-state index >= 15 is 0 Å². The van der Waals surface area contributed by atoms with Crippen LogP contribution in [0.15, 0.2) is 24.3 Å². The highest BCUT2D eigenvalue weighted by Crippen LogP contribution is 2.30. The first-order valence-corrected chi connectivity index (χ1v) is 6.55. The van der Waals surface area contributed by atoms with Crippen LogP contribution in [-0.2, 0) is 4.79 Å². The summed E-state index contributed by atoms with van der Waals surface area (Å²) in [7, 11) is 0. The van der Waals surface area contributed by atoms with E-state index < -0.39 is 5.97 Å². The van der Waals surface area contributed by atoms with Gasteiger partial charge in [0, 0.05) is 0 Å². The van der Waals surface area contributed by atoms with Crippen molar-refractivity contribution < 1.29 is 14.6 Å². The van der Waals surface area contributed by atoms with Crippen LogP contribution in [0, 0.1) is 5.92 Å². The largest absolute Gasteiger partial charge is 0.490 e. The second-order valence-electron chi connectivity index (χ2n) is 5.32. The first-order valence-electron chi connectivity index (χ1n) is 6.55. The zero-order valence-electron chi connectivity index (χ0n) is 10.9. The van der Waals surface area contributed by atoms with E-state index in [0.717, 1.165) is 18.6 Å². The molecule has 0 radical (unpaired) electrons. The Morgan fingerprint density at radius 3 is 2.78 bits per heavy atom. The molecular formula is C15H20O3. The predicted molar refractivity (Wildman–Crippen MR) is 69.9 cm³/mol. The molecule has 0 aliphatic heterocycles. The Hall–Kier alpha value is -1.51. The zero-order valence-corrected chi connectivity index (χ0v) is 10.9. The van der Waals surface area contributed by atoms with Crippen molar-refractivity contribution in [2.75, 3.05) is 0 Å². The summed E-state index contributed by atoms with van der Waals surface area (Å²) in [5.41, 5.74) is 1.25. The number of aliphatic carboxylic acids is 1. The molecule has 3 nitrogen and oxygen atoms in total. The number of carboxylic acids is 1. The number of ether oxygens (including phenoxy) is 1. The molecule has 1 saturated carbocycles. The minimum atomic E-state index is -0.697. The van der Waals surface area contributed by atoms with Gasteiger partial charge in [0.1, 0.15) is 5.75 Å². The van der Waals surface area contributed by atoms with Crippen molar-refractivity contribution in [2.45, 2.75) is 45.1 Å². The first kappa shape index (κ1) is 12.9. The van der Waals surface area contributed by atoms with E-state index in [-0.39, 0.29) is 12.0 Å². The van der Waals surface area contributed by atoms with E-state index in [9.17, 15) is 4.79 Å². The highest BCUT2D eigenvalue weighted by Gasteiger charge is 2.30. The van der Waals surface area contributed by atoms with Gasteiger partial charge in [0.05, 0.1) is 12.0 Å². The molecule has 1 fully saturated rings. The fourth-order valence-corrected chi connectivity index (χ4v) is 2.41. The SMILES string of the molecule is CC(C)c1cccc(OC2CCC(C(=O)O)C2)c1. The lowest BCUT2D eigenvalue weighted by Crippen LogP contribution is -2.15. The van der Waals surface area contributed by atoms with Crippen molar-refractivity contribution in [3.8, 4) is 5.75 Å². The first-order chi connectivity index (χ1) is 8.56. The predicted octanol–water partition coefficient (Wildman–Crippen LogP) is 3.44. The third-order valence-electron chi connectivity index (χ3n) is 3.56. The summed E-state index contributed by atoms with van der Waals surface area (Å²) in [6.07, 6.45) is 2.24. The van der Waals surface area contributed by atoms with Gasteiger partial charge in [-0.05, 0) is 42.9 Å². The van der Waals surface area contributed by atoms with Crippen molar-refractivity contribution >= 4 is 5.97 Å². The summed E-state index contributed by atoms with van der Waals surface area (Å²) < 4.78 is 5.88. The Kier molecular flexibility index (Phi) is 3.90. The molecule has 2 unspecified atom stereocenters. The van der Waals surface area contributed by atoms with Crippen molar-refractivity contribution in [2.24, 2.45) is 5.92 Å². The fraction of sp³-hybridized carbons (Fsp3) is 0.533. The smallest absolute Gasteiger partial charge is 0.306 e. The summed E-state index contributed by atoms with van der Waals surface area (Å²) in [6, 6.07) is 8.08. The summed E-state index contributed by atoms with van der Waals surface area (Å²) in [4.78, 5) is 10.9. The normalized spacial score (nSPS) is 23.3. The van der Waals surface area contributed by atoms with Gasteiger partial charge in [0.25, 0.3) is 0 Å². The molecule has 0 spiro atoms. The number of hydrogen-bond donors (Lipinski definition) is 1. The Bertz CT molecular complexity index is 426. The second kappa shape index (κ2) is 5.42. The molecule has 0 bridgehead atoms. The van der Waals surface area contributed by atoms with Gasteiger partial charge in [0.2, 0.25) is 0 Å². The summed E-state index contributed by atoms with van der Waals surface area (Å²) in [5, 5.41) is 8.96. The zero-order chi connectivity index (χ0) is 13.1. The molecule has 98 valence electrons. The average Bonchev–Trinajstić information content (AvgIpc) is 2.78. The van der Waals surface area contributed by atoms with Crippen LogP contribution >= 0.6 is 0 Å². The van der Waals surface area contributed by atoms with Gasteiger partial charge in [-0.3, -0.25) is 4.79 Å². The van der Waals surface area contributed by atoms with Crippen LogP contribution in [0.4, 0.5) is 0 Å². The number of rotatable bonds is 4. The maximum Gasteiger partial charge on any atom is 0.306 e. The number of benzene rings is 1. The summed E-state index contributed by atoms with van der Waals surface area (Å²) in [6.45, 7) is 4.30. The highest BCUT2D eigenvalue weighted by molar-refractivity contribution is 5.70. The molecule has 1 aromatic rings. The summed E-state index contributed by atoms with van der Waals surface area (Å²) >= 11 is 0. The maximum atomic E-state index is 10.9. The minimum absolute atomic E-state index is 0.0495.